The van der Waals surface area contributed by atoms with Gasteiger partial charge in [0, 0.05) is 25.4 Å². The zero-order valence-electron chi connectivity index (χ0n) is 19.5. The number of benzene rings is 2. The molecule has 2 aromatic carbocycles. The van der Waals surface area contributed by atoms with Crippen molar-refractivity contribution in [1.29, 1.82) is 0 Å². The van der Waals surface area contributed by atoms with E-state index in [0.29, 0.717) is 40.5 Å². The Morgan fingerprint density at radius 2 is 1.83 bits per heavy atom. The van der Waals surface area contributed by atoms with Gasteiger partial charge in [0.2, 0.25) is 11.9 Å². The van der Waals surface area contributed by atoms with Crippen LogP contribution in [0.2, 0.25) is 0 Å². The van der Waals surface area contributed by atoms with E-state index in [1.807, 2.05) is 0 Å². The normalized spacial score (nSPS) is 11.7. The number of aryl methyl sites for hydroxylation is 1. The van der Waals surface area contributed by atoms with Gasteiger partial charge in [0.1, 0.15) is 23.1 Å². The van der Waals surface area contributed by atoms with Crippen molar-refractivity contribution in [2.24, 2.45) is 7.05 Å². The molecule has 188 valence electrons. The van der Waals surface area contributed by atoms with Crippen molar-refractivity contribution >= 4 is 34.4 Å². The van der Waals surface area contributed by atoms with Crippen LogP contribution in [0, 0.1) is 5.82 Å². The number of carbonyl (C=O) groups excluding carboxylic acids is 1. The predicted octanol–water partition coefficient (Wildman–Crippen LogP) is 5.16. The molecule has 0 atom stereocenters. The molecule has 8 nitrogen and oxygen atoms in total. The van der Waals surface area contributed by atoms with Crippen LogP contribution in [-0.4, -0.2) is 46.0 Å². The number of alkyl halides is 3. The monoisotopic (exact) mass is 502 g/mol. The quantitative estimate of drug-likeness (QED) is 0.340. The number of imidazole rings is 1. The first kappa shape index (κ1) is 24.9. The molecule has 0 aliphatic carbocycles. The highest BCUT2D eigenvalue weighted by atomic mass is 19.4. The first-order valence-corrected chi connectivity index (χ1v) is 10.7. The van der Waals surface area contributed by atoms with Gasteiger partial charge in [-0.1, -0.05) is 0 Å². The maximum absolute atomic E-state index is 14.2. The summed E-state index contributed by atoms with van der Waals surface area (Å²) in [5, 5.41) is 5.32. The summed E-state index contributed by atoms with van der Waals surface area (Å²) in [6.45, 7) is 0.198. The Bertz CT molecular complexity index is 1420. The molecule has 2 aromatic heterocycles. The summed E-state index contributed by atoms with van der Waals surface area (Å²) < 4.78 is 60.8. The molecule has 0 bridgehead atoms. The van der Waals surface area contributed by atoms with Gasteiger partial charge in [-0.15, -0.1) is 0 Å². The van der Waals surface area contributed by atoms with Crippen LogP contribution in [0.25, 0.3) is 11.0 Å². The Morgan fingerprint density at radius 1 is 1.08 bits per heavy atom. The number of nitrogens with one attached hydrogen (secondary N) is 2. The zero-order chi connectivity index (χ0) is 26.0. The summed E-state index contributed by atoms with van der Waals surface area (Å²) >= 11 is 0. The average Bonchev–Trinajstić information content (AvgIpc) is 3.08. The third kappa shape index (κ3) is 5.71. The van der Waals surface area contributed by atoms with Crippen molar-refractivity contribution < 1.29 is 27.1 Å². The number of hydrogen-bond acceptors (Lipinski definition) is 6. The van der Waals surface area contributed by atoms with E-state index in [9.17, 15) is 22.4 Å². The maximum atomic E-state index is 14.2. The van der Waals surface area contributed by atoms with E-state index in [1.165, 1.54) is 6.20 Å². The largest absolute Gasteiger partial charge is 0.457 e. The average molecular weight is 502 g/mol. The summed E-state index contributed by atoms with van der Waals surface area (Å²) in [5.74, 6) is 0.254. The number of nitrogens with zero attached hydrogens (tertiary/aromatic N) is 4. The summed E-state index contributed by atoms with van der Waals surface area (Å²) in [7, 11) is 5.20. The minimum absolute atomic E-state index is 0.148. The van der Waals surface area contributed by atoms with Crippen molar-refractivity contribution in [2.45, 2.75) is 6.18 Å². The molecule has 0 aliphatic rings. The zero-order valence-corrected chi connectivity index (χ0v) is 19.5. The van der Waals surface area contributed by atoms with Gasteiger partial charge in [-0.3, -0.25) is 4.79 Å². The number of hydrogen-bond donors (Lipinski definition) is 2. The Balaban J connectivity index is 1.55. The van der Waals surface area contributed by atoms with Crippen molar-refractivity contribution in [2.75, 3.05) is 31.3 Å². The molecule has 2 heterocycles. The van der Waals surface area contributed by atoms with Crippen LogP contribution >= 0.6 is 0 Å². The number of ether oxygens (including phenoxy) is 1. The standard InChI is InChI=1S/C24H22F4N6O2/c1-33(2)13-22(35)32-21-12-16(8-9-29-21)36-15-5-7-20-19(11-15)31-23(34(20)3)30-18-10-14(24(26,27)28)4-6-17(18)25/h4-12H,13H2,1-3H3,(H,30,31)(H,29,32,35). The first-order chi connectivity index (χ1) is 17.0. The van der Waals surface area contributed by atoms with E-state index in [0.717, 1.165) is 6.07 Å². The summed E-state index contributed by atoms with van der Waals surface area (Å²) in [6, 6.07) is 10.3. The van der Waals surface area contributed by atoms with Crippen molar-refractivity contribution in [3.05, 3.63) is 66.1 Å². The summed E-state index contributed by atoms with van der Waals surface area (Å²) in [6.07, 6.45) is -3.11. The lowest BCUT2D eigenvalue weighted by atomic mass is 10.2. The van der Waals surface area contributed by atoms with Crippen molar-refractivity contribution in [1.82, 2.24) is 19.4 Å². The molecule has 0 radical (unpaired) electrons. The van der Waals surface area contributed by atoms with Gasteiger partial charge in [0.05, 0.1) is 28.8 Å². The number of anilines is 3. The summed E-state index contributed by atoms with van der Waals surface area (Å²) in [5.41, 5.74) is -0.210. The van der Waals surface area contributed by atoms with E-state index in [2.05, 4.69) is 20.6 Å². The molecule has 0 spiro atoms. The molecule has 4 aromatic rings. The van der Waals surface area contributed by atoms with E-state index < -0.39 is 17.6 Å². The van der Waals surface area contributed by atoms with Crippen LogP contribution in [0.3, 0.4) is 0 Å². The number of aromatic nitrogens is 3. The lowest BCUT2D eigenvalue weighted by Crippen LogP contribution is -2.27. The van der Waals surface area contributed by atoms with Crippen LogP contribution in [0.4, 0.5) is 35.0 Å². The number of fused-ring (bicyclic) bond motifs is 1. The lowest BCUT2D eigenvalue weighted by molar-refractivity contribution is -0.137. The lowest BCUT2D eigenvalue weighted by Gasteiger charge is -2.11. The predicted molar refractivity (Wildman–Crippen MR) is 127 cm³/mol. The van der Waals surface area contributed by atoms with Crippen molar-refractivity contribution in [3.63, 3.8) is 0 Å². The molecular weight excluding hydrogens is 480 g/mol. The second-order valence-corrected chi connectivity index (χ2v) is 8.23. The molecule has 0 aliphatic heterocycles. The Kier molecular flexibility index (Phi) is 6.80. The fraction of sp³-hybridized carbons (Fsp3) is 0.208. The van der Waals surface area contributed by atoms with Gasteiger partial charge in [-0.25, -0.2) is 14.4 Å². The molecule has 36 heavy (non-hydrogen) atoms. The number of amides is 1. The molecule has 12 heteroatoms. The van der Waals surface area contributed by atoms with Crippen LogP contribution in [0.5, 0.6) is 11.5 Å². The molecule has 4 rings (SSSR count). The number of rotatable bonds is 7. The Morgan fingerprint density at radius 3 is 2.56 bits per heavy atom. The highest BCUT2D eigenvalue weighted by Crippen LogP contribution is 2.33. The molecule has 1 amide bonds. The molecule has 0 unspecified atom stereocenters. The Labute approximate surface area is 203 Å². The molecular formula is C24H22F4N6O2. The fourth-order valence-corrected chi connectivity index (χ4v) is 3.42. The second kappa shape index (κ2) is 9.82. The van der Waals surface area contributed by atoms with E-state index >= 15 is 0 Å². The SMILES string of the molecule is CN(C)CC(=O)Nc1cc(Oc2ccc3c(c2)nc(Nc2cc(C(F)(F)F)ccc2F)n3C)ccn1. The van der Waals surface area contributed by atoms with Crippen LogP contribution in [0.15, 0.2) is 54.7 Å². The van der Waals surface area contributed by atoms with Crippen molar-refractivity contribution in [3.8, 4) is 11.5 Å². The third-order valence-electron chi connectivity index (χ3n) is 5.09. The van der Waals surface area contributed by atoms with E-state index in [-0.39, 0.29) is 24.1 Å². The number of carbonyl (C=O) groups is 1. The second-order valence-electron chi connectivity index (χ2n) is 8.23. The minimum atomic E-state index is -4.61. The van der Waals surface area contributed by atoms with Gasteiger partial charge >= 0.3 is 6.18 Å². The smallest absolute Gasteiger partial charge is 0.416 e. The summed E-state index contributed by atoms with van der Waals surface area (Å²) in [4.78, 5) is 22.2. The van der Waals surface area contributed by atoms with E-state index in [1.54, 1.807) is 60.9 Å². The Hall–Kier alpha value is -4.19. The minimum Gasteiger partial charge on any atom is -0.457 e. The fourth-order valence-electron chi connectivity index (χ4n) is 3.42. The molecule has 0 saturated heterocycles. The van der Waals surface area contributed by atoms with Gasteiger partial charge in [-0.05, 0) is 50.5 Å². The maximum Gasteiger partial charge on any atom is 0.416 e. The number of likely N-dealkylation sites (N-methyl/N-ethyl adjacent to an activating group) is 1. The van der Waals surface area contributed by atoms with Gasteiger partial charge in [-0.2, -0.15) is 13.2 Å². The molecule has 2 N–H and O–H groups in total. The van der Waals surface area contributed by atoms with Crippen LogP contribution in [-0.2, 0) is 18.0 Å². The van der Waals surface area contributed by atoms with Crippen LogP contribution < -0.4 is 15.4 Å². The van der Waals surface area contributed by atoms with Gasteiger partial charge in [0.15, 0.2) is 0 Å². The van der Waals surface area contributed by atoms with Gasteiger partial charge in [0.25, 0.3) is 0 Å². The highest BCUT2D eigenvalue weighted by Gasteiger charge is 2.31. The van der Waals surface area contributed by atoms with Crippen LogP contribution in [0.1, 0.15) is 5.56 Å². The van der Waals surface area contributed by atoms with E-state index in [4.69, 9.17) is 4.74 Å². The topological polar surface area (TPSA) is 84.3 Å². The molecule has 0 fully saturated rings. The highest BCUT2D eigenvalue weighted by molar-refractivity contribution is 5.91. The third-order valence-corrected chi connectivity index (χ3v) is 5.09. The van der Waals surface area contributed by atoms with Gasteiger partial charge < -0.3 is 24.8 Å². The number of pyridine rings is 1. The number of halogens is 4. The molecule has 0 saturated carbocycles. The first-order valence-electron chi connectivity index (χ1n) is 10.7.